The van der Waals surface area contributed by atoms with Crippen LogP contribution >= 0.6 is 11.6 Å². The van der Waals surface area contributed by atoms with Gasteiger partial charge in [0, 0.05) is 28.7 Å². The molecular formula is C23H30ClN3O2. The van der Waals surface area contributed by atoms with Crippen LogP contribution in [-0.2, 0) is 11.3 Å². The molecule has 2 fully saturated rings. The molecule has 0 bridgehead atoms. The average molecular weight is 416 g/mol. The van der Waals surface area contributed by atoms with Crippen LogP contribution in [0.1, 0.15) is 56.2 Å². The quantitative estimate of drug-likeness (QED) is 0.757. The Labute approximate surface area is 177 Å². The van der Waals surface area contributed by atoms with Crippen LogP contribution in [0.5, 0.6) is 5.75 Å². The number of halogens is 1. The van der Waals surface area contributed by atoms with Crippen LogP contribution in [0, 0.1) is 18.3 Å². The Bertz CT molecular complexity index is 901. The van der Waals surface area contributed by atoms with Crippen LogP contribution in [0.4, 0.5) is 0 Å². The number of H-pyrrole nitrogens is 1. The van der Waals surface area contributed by atoms with E-state index in [4.69, 9.17) is 21.1 Å². The van der Waals surface area contributed by atoms with Gasteiger partial charge >= 0.3 is 0 Å². The van der Waals surface area contributed by atoms with Gasteiger partial charge in [0.25, 0.3) is 0 Å². The highest BCUT2D eigenvalue weighted by atomic mass is 35.5. The topological polar surface area (TPSA) is 50.4 Å². The Kier molecular flexibility index (Phi) is 4.68. The Morgan fingerprint density at radius 2 is 2.07 bits per heavy atom. The van der Waals surface area contributed by atoms with Crippen molar-refractivity contribution < 1.29 is 9.47 Å². The molecule has 0 aliphatic carbocycles. The lowest BCUT2D eigenvalue weighted by molar-refractivity contribution is -0.174. The first-order chi connectivity index (χ1) is 13.9. The number of ether oxygens (including phenoxy) is 2. The number of likely N-dealkylation sites (tertiary alicyclic amines) is 1. The zero-order valence-electron chi connectivity index (χ0n) is 17.5. The second kappa shape index (κ2) is 7.00. The number of aryl methyl sites for hydroxylation is 1. The van der Waals surface area contributed by atoms with Gasteiger partial charge in [-0.2, -0.15) is 0 Å². The Morgan fingerprint density at radius 1 is 1.28 bits per heavy atom. The van der Waals surface area contributed by atoms with Gasteiger partial charge < -0.3 is 14.5 Å². The maximum Gasteiger partial charge on any atom is 0.127 e. The molecule has 0 saturated carbocycles. The van der Waals surface area contributed by atoms with Gasteiger partial charge in [-0.1, -0.05) is 17.7 Å². The summed E-state index contributed by atoms with van der Waals surface area (Å²) in [5.74, 6) is 1.23. The number of imidazole rings is 1. The van der Waals surface area contributed by atoms with E-state index in [9.17, 15) is 0 Å². The van der Waals surface area contributed by atoms with Gasteiger partial charge in [0.05, 0.1) is 24.7 Å². The highest BCUT2D eigenvalue weighted by Gasteiger charge is 2.52. The van der Waals surface area contributed by atoms with E-state index >= 15 is 0 Å². The monoisotopic (exact) mass is 415 g/mol. The van der Waals surface area contributed by atoms with E-state index in [1.807, 2.05) is 12.1 Å². The van der Waals surface area contributed by atoms with Gasteiger partial charge in [0.15, 0.2) is 0 Å². The third kappa shape index (κ3) is 3.47. The lowest BCUT2D eigenvalue weighted by Crippen LogP contribution is -2.54. The first-order valence-corrected chi connectivity index (χ1v) is 11.0. The molecule has 3 aliphatic heterocycles. The third-order valence-electron chi connectivity index (χ3n) is 7.36. The highest BCUT2D eigenvalue weighted by Crippen LogP contribution is 2.55. The number of rotatable bonds is 2. The second-order valence-corrected chi connectivity index (χ2v) is 10.1. The molecule has 156 valence electrons. The molecular weight excluding hydrogens is 386 g/mol. The van der Waals surface area contributed by atoms with Crippen molar-refractivity contribution in [3.63, 3.8) is 0 Å². The smallest absolute Gasteiger partial charge is 0.127 e. The normalized spacial score (nSPS) is 27.9. The first kappa shape index (κ1) is 19.4. The second-order valence-electron chi connectivity index (χ2n) is 9.68. The number of aromatic nitrogens is 2. The molecule has 1 aromatic heterocycles. The van der Waals surface area contributed by atoms with Crippen molar-refractivity contribution in [2.45, 2.75) is 58.3 Å². The van der Waals surface area contributed by atoms with Gasteiger partial charge in [0.1, 0.15) is 11.4 Å². The summed E-state index contributed by atoms with van der Waals surface area (Å²) in [7, 11) is 0. The summed E-state index contributed by atoms with van der Waals surface area (Å²) >= 11 is 6.20. The minimum atomic E-state index is -0.265. The van der Waals surface area contributed by atoms with E-state index in [0.29, 0.717) is 10.9 Å². The maximum atomic E-state index is 6.58. The van der Waals surface area contributed by atoms with E-state index in [0.717, 1.165) is 49.7 Å². The highest BCUT2D eigenvalue weighted by molar-refractivity contribution is 6.30. The fourth-order valence-electron chi connectivity index (χ4n) is 5.42. The molecule has 3 aliphatic rings. The summed E-state index contributed by atoms with van der Waals surface area (Å²) in [6, 6.07) is 5.96. The van der Waals surface area contributed by atoms with Gasteiger partial charge in [-0.25, -0.2) is 4.98 Å². The molecule has 6 heteroatoms. The van der Waals surface area contributed by atoms with Gasteiger partial charge in [-0.3, -0.25) is 4.90 Å². The number of hydrogen-bond donors (Lipinski definition) is 1. The maximum absolute atomic E-state index is 6.58. The minimum absolute atomic E-state index is 0.0985. The zero-order chi connectivity index (χ0) is 20.2. The van der Waals surface area contributed by atoms with Crippen molar-refractivity contribution in [1.29, 1.82) is 0 Å². The zero-order valence-corrected chi connectivity index (χ0v) is 18.3. The van der Waals surface area contributed by atoms with Crippen LogP contribution in [0.15, 0.2) is 24.5 Å². The number of benzene rings is 1. The molecule has 0 amide bonds. The van der Waals surface area contributed by atoms with Gasteiger partial charge in [-0.05, 0) is 70.7 Å². The van der Waals surface area contributed by atoms with E-state index in [1.54, 1.807) is 6.33 Å². The molecule has 2 unspecified atom stereocenters. The Morgan fingerprint density at radius 3 is 2.79 bits per heavy atom. The molecule has 1 spiro atoms. The predicted molar refractivity (Wildman–Crippen MR) is 113 cm³/mol. The Balaban J connectivity index is 1.31. The van der Waals surface area contributed by atoms with Crippen molar-refractivity contribution in [3.8, 4) is 5.75 Å². The standard InChI is InChI=1S/C23H30ClN3O2/c1-15-19(26-14-25-15)12-27-8-6-23(7-9-27)11-18-21(28-13-23)17-5-4-16(24)10-20(17)29-22(18,2)3/h4-5,10,14,18,21H,6-9,11-13H2,1-3H3,(H,25,26). The van der Waals surface area contributed by atoms with E-state index in [1.165, 1.54) is 18.5 Å². The average Bonchev–Trinajstić information content (AvgIpc) is 3.08. The van der Waals surface area contributed by atoms with Gasteiger partial charge in [-0.15, -0.1) is 0 Å². The van der Waals surface area contributed by atoms with Crippen LogP contribution < -0.4 is 4.74 Å². The summed E-state index contributed by atoms with van der Waals surface area (Å²) in [6.45, 7) is 10.5. The SMILES string of the molecule is Cc1[nH]cnc1CN1CCC2(CC1)COC1c3ccc(Cl)cc3OC(C)(C)C1C2. The van der Waals surface area contributed by atoms with Gasteiger partial charge in [0.2, 0.25) is 0 Å². The molecule has 1 N–H and O–H groups in total. The van der Waals surface area contributed by atoms with Crippen LogP contribution in [0.3, 0.4) is 0 Å². The molecule has 1 aromatic carbocycles. The van der Waals surface area contributed by atoms with Crippen molar-refractivity contribution >= 4 is 11.6 Å². The molecule has 29 heavy (non-hydrogen) atoms. The number of hydrogen-bond acceptors (Lipinski definition) is 4. The van der Waals surface area contributed by atoms with Crippen LogP contribution in [0.25, 0.3) is 0 Å². The molecule has 2 aromatic rings. The van der Waals surface area contributed by atoms with E-state index in [-0.39, 0.29) is 17.1 Å². The number of piperidine rings is 1. The number of nitrogens with one attached hydrogen (secondary N) is 1. The van der Waals surface area contributed by atoms with Crippen molar-refractivity contribution in [2.24, 2.45) is 11.3 Å². The molecule has 0 radical (unpaired) electrons. The summed E-state index contributed by atoms with van der Waals surface area (Å²) in [6.07, 6.45) is 5.39. The third-order valence-corrected chi connectivity index (χ3v) is 7.60. The van der Waals surface area contributed by atoms with Crippen molar-refractivity contribution in [1.82, 2.24) is 14.9 Å². The summed E-state index contributed by atoms with van der Waals surface area (Å²) < 4.78 is 13.0. The van der Waals surface area contributed by atoms with E-state index < -0.39 is 0 Å². The number of nitrogens with zero attached hydrogens (tertiary/aromatic N) is 2. The van der Waals surface area contributed by atoms with Crippen molar-refractivity contribution in [2.75, 3.05) is 19.7 Å². The van der Waals surface area contributed by atoms with E-state index in [2.05, 4.69) is 41.7 Å². The predicted octanol–water partition coefficient (Wildman–Crippen LogP) is 4.90. The van der Waals surface area contributed by atoms with Crippen LogP contribution in [0.2, 0.25) is 5.02 Å². The molecule has 2 saturated heterocycles. The summed E-state index contributed by atoms with van der Waals surface area (Å²) in [5.41, 5.74) is 3.48. The molecule has 2 atom stereocenters. The molecule has 5 rings (SSSR count). The largest absolute Gasteiger partial charge is 0.487 e. The molecule has 5 nitrogen and oxygen atoms in total. The lowest BCUT2D eigenvalue weighted by atomic mass is 9.64. The van der Waals surface area contributed by atoms with Crippen molar-refractivity contribution in [3.05, 3.63) is 46.5 Å². The fourth-order valence-corrected chi connectivity index (χ4v) is 5.58. The summed E-state index contributed by atoms with van der Waals surface area (Å²) in [4.78, 5) is 10.2. The minimum Gasteiger partial charge on any atom is -0.487 e. The summed E-state index contributed by atoms with van der Waals surface area (Å²) in [5, 5.41) is 0.713. The number of fused-ring (bicyclic) bond motifs is 3. The Hall–Kier alpha value is -1.56. The lowest BCUT2D eigenvalue weighted by Gasteiger charge is -2.54. The fraction of sp³-hybridized carbons (Fsp3) is 0.609. The number of aromatic amines is 1. The molecule has 4 heterocycles. The van der Waals surface area contributed by atoms with Crippen LogP contribution in [-0.4, -0.2) is 40.2 Å². The first-order valence-electron chi connectivity index (χ1n) is 10.7.